The van der Waals surface area contributed by atoms with Crippen LogP contribution in [0.4, 0.5) is 5.69 Å². The van der Waals surface area contributed by atoms with Crippen LogP contribution in [-0.4, -0.2) is 61.5 Å². The van der Waals surface area contributed by atoms with E-state index in [1.165, 1.54) is 0 Å². The first-order valence-electron chi connectivity index (χ1n) is 6.64. The number of anilines is 1. The van der Waals surface area contributed by atoms with E-state index in [1.807, 2.05) is 26.2 Å². The van der Waals surface area contributed by atoms with Crippen LogP contribution in [0.2, 0.25) is 0 Å². The highest BCUT2D eigenvalue weighted by atomic mass is 16.2. The number of likely N-dealkylation sites (N-methyl/N-ethyl adjacent to an activating group) is 2. The lowest BCUT2D eigenvalue weighted by Crippen LogP contribution is -2.33. The summed E-state index contributed by atoms with van der Waals surface area (Å²) in [5, 5.41) is 3.26. The van der Waals surface area contributed by atoms with Gasteiger partial charge in [0.1, 0.15) is 5.69 Å². The maximum Gasteiger partial charge on any atom is 0.272 e. The first-order valence-corrected chi connectivity index (χ1v) is 6.64. The summed E-state index contributed by atoms with van der Waals surface area (Å²) in [4.78, 5) is 20.1. The molecular formula is C14H24N4O. The molecule has 0 spiro atoms. The van der Waals surface area contributed by atoms with Gasteiger partial charge in [-0.25, -0.2) is 0 Å². The van der Waals surface area contributed by atoms with Gasteiger partial charge >= 0.3 is 0 Å². The van der Waals surface area contributed by atoms with Crippen molar-refractivity contribution in [2.45, 2.75) is 13.3 Å². The van der Waals surface area contributed by atoms with Crippen LogP contribution in [0, 0.1) is 0 Å². The third kappa shape index (κ3) is 5.26. The quantitative estimate of drug-likeness (QED) is 0.811. The van der Waals surface area contributed by atoms with E-state index in [1.54, 1.807) is 18.1 Å². The van der Waals surface area contributed by atoms with Crippen molar-refractivity contribution in [1.82, 2.24) is 14.8 Å². The number of nitrogens with one attached hydrogen (secondary N) is 1. The number of hydrogen-bond acceptors (Lipinski definition) is 4. The number of pyridine rings is 1. The van der Waals surface area contributed by atoms with E-state index in [4.69, 9.17) is 0 Å². The molecule has 0 fully saturated rings. The molecule has 0 aliphatic carbocycles. The number of carbonyl (C=O) groups excluding carboxylic acids is 1. The summed E-state index contributed by atoms with van der Waals surface area (Å²) in [5.74, 6) is -0.0398. The average molecular weight is 264 g/mol. The molecule has 0 radical (unpaired) electrons. The van der Waals surface area contributed by atoms with Gasteiger partial charge in [0.2, 0.25) is 0 Å². The molecule has 19 heavy (non-hydrogen) atoms. The van der Waals surface area contributed by atoms with Crippen molar-refractivity contribution >= 4 is 11.6 Å². The molecule has 5 nitrogen and oxygen atoms in total. The molecule has 5 heteroatoms. The minimum absolute atomic E-state index is 0.0398. The minimum Gasteiger partial charge on any atom is -0.385 e. The van der Waals surface area contributed by atoms with Gasteiger partial charge in [-0.2, -0.15) is 0 Å². The van der Waals surface area contributed by atoms with E-state index in [9.17, 15) is 4.79 Å². The number of aromatic nitrogens is 1. The number of hydrogen-bond donors (Lipinski definition) is 1. The summed E-state index contributed by atoms with van der Waals surface area (Å²) in [6.07, 6.45) is 2.72. The van der Waals surface area contributed by atoms with Crippen molar-refractivity contribution < 1.29 is 4.79 Å². The maximum absolute atomic E-state index is 12.2. The number of carbonyl (C=O) groups is 1. The Bertz CT molecular complexity index is 406. The monoisotopic (exact) mass is 264 g/mol. The molecule has 0 saturated carbocycles. The fourth-order valence-corrected chi connectivity index (χ4v) is 1.57. The highest BCUT2D eigenvalue weighted by molar-refractivity contribution is 5.92. The smallest absolute Gasteiger partial charge is 0.272 e. The Hall–Kier alpha value is -1.62. The average Bonchev–Trinajstić information content (AvgIpc) is 2.41. The SMILES string of the molecule is CCCNc1ccnc(C(=O)N(C)CCN(C)C)c1. The van der Waals surface area contributed by atoms with Crippen LogP contribution in [0.1, 0.15) is 23.8 Å². The Balaban J connectivity index is 2.65. The fraction of sp³-hybridized carbons (Fsp3) is 0.571. The van der Waals surface area contributed by atoms with Crippen molar-refractivity contribution in [3.8, 4) is 0 Å². The Morgan fingerprint density at radius 2 is 2.05 bits per heavy atom. The molecule has 0 atom stereocenters. The van der Waals surface area contributed by atoms with Crippen LogP contribution < -0.4 is 5.32 Å². The zero-order valence-electron chi connectivity index (χ0n) is 12.3. The van der Waals surface area contributed by atoms with Gasteiger partial charge in [-0.05, 0) is 32.6 Å². The maximum atomic E-state index is 12.2. The molecule has 1 rings (SSSR count). The van der Waals surface area contributed by atoms with Crippen LogP contribution in [0.3, 0.4) is 0 Å². The number of nitrogens with zero attached hydrogens (tertiary/aromatic N) is 3. The van der Waals surface area contributed by atoms with Crippen LogP contribution in [0.25, 0.3) is 0 Å². The van der Waals surface area contributed by atoms with E-state index < -0.39 is 0 Å². The Morgan fingerprint density at radius 3 is 2.68 bits per heavy atom. The molecule has 0 saturated heterocycles. The van der Waals surface area contributed by atoms with Gasteiger partial charge in [-0.3, -0.25) is 9.78 Å². The van der Waals surface area contributed by atoms with E-state index >= 15 is 0 Å². The lowest BCUT2D eigenvalue weighted by Gasteiger charge is -2.19. The molecule has 1 aromatic heterocycles. The third-order valence-electron chi connectivity index (χ3n) is 2.79. The molecule has 0 aromatic carbocycles. The molecular weight excluding hydrogens is 240 g/mol. The van der Waals surface area contributed by atoms with E-state index in [2.05, 4.69) is 22.1 Å². The zero-order valence-corrected chi connectivity index (χ0v) is 12.3. The first-order chi connectivity index (χ1) is 9.04. The predicted octanol–water partition coefficient (Wildman–Crippen LogP) is 1.54. The lowest BCUT2D eigenvalue weighted by atomic mass is 10.2. The Morgan fingerprint density at radius 1 is 1.32 bits per heavy atom. The molecule has 0 unspecified atom stereocenters. The molecule has 1 aromatic rings. The molecule has 0 bridgehead atoms. The lowest BCUT2D eigenvalue weighted by molar-refractivity contribution is 0.0780. The second-order valence-electron chi connectivity index (χ2n) is 4.89. The predicted molar refractivity (Wildman–Crippen MR) is 78.5 cm³/mol. The topological polar surface area (TPSA) is 48.5 Å². The van der Waals surface area contributed by atoms with Crippen LogP contribution in [-0.2, 0) is 0 Å². The van der Waals surface area contributed by atoms with Crippen LogP contribution >= 0.6 is 0 Å². The molecule has 0 aliphatic rings. The Labute approximate surface area is 115 Å². The van der Waals surface area contributed by atoms with Gasteiger partial charge in [0.05, 0.1) is 0 Å². The number of amides is 1. The standard InChI is InChI=1S/C14H24N4O/c1-5-7-15-12-6-8-16-13(11-12)14(19)18(4)10-9-17(2)3/h6,8,11H,5,7,9-10H2,1-4H3,(H,15,16). The van der Waals surface area contributed by atoms with Gasteiger partial charge in [0, 0.05) is 38.6 Å². The largest absolute Gasteiger partial charge is 0.385 e. The fourth-order valence-electron chi connectivity index (χ4n) is 1.57. The zero-order chi connectivity index (χ0) is 14.3. The third-order valence-corrected chi connectivity index (χ3v) is 2.79. The molecule has 1 heterocycles. The van der Waals surface area contributed by atoms with Crippen molar-refractivity contribution in [3.63, 3.8) is 0 Å². The molecule has 1 N–H and O–H groups in total. The van der Waals surface area contributed by atoms with Gasteiger partial charge < -0.3 is 15.1 Å². The molecule has 106 valence electrons. The molecule has 1 amide bonds. The van der Waals surface area contributed by atoms with E-state index in [0.29, 0.717) is 12.2 Å². The van der Waals surface area contributed by atoms with Crippen molar-refractivity contribution in [2.24, 2.45) is 0 Å². The van der Waals surface area contributed by atoms with Gasteiger partial charge in [-0.1, -0.05) is 6.92 Å². The van der Waals surface area contributed by atoms with Crippen LogP contribution in [0.15, 0.2) is 18.3 Å². The molecule has 0 aliphatic heterocycles. The van der Waals surface area contributed by atoms with Crippen molar-refractivity contribution in [1.29, 1.82) is 0 Å². The van der Waals surface area contributed by atoms with Gasteiger partial charge in [-0.15, -0.1) is 0 Å². The summed E-state index contributed by atoms with van der Waals surface area (Å²) in [6.45, 7) is 4.54. The minimum atomic E-state index is -0.0398. The Kier molecular flexibility index (Phi) is 6.29. The summed E-state index contributed by atoms with van der Waals surface area (Å²) in [5.41, 5.74) is 1.43. The second-order valence-corrected chi connectivity index (χ2v) is 4.89. The van der Waals surface area contributed by atoms with Crippen molar-refractivity contribution in [3.05, 3.63) is 24.0 Å². The highest BCUT2D eigenvalue weighted by Gasteiger charge is 2.13. The summed E-state index contributed by atoms with van der Waals surface area (Å²) >= 11 is 0. The summed E-state index contributed by atoms with van der Waals surface area (Å²) < 4.78 is 0. The van der Waals surface area contributed by atoms with E-state index in [0.717, 1.165) is 25.2 Å². The van der Waals surface area contributed by atoms with E-state index in [-0.39, 0.29) is 5.91 Å². The van der Waals surface area contributed by atoms with Crippen molar-refractivity contribution in [2.75, 3.05) is 46.1 Å². The van der Waals surface area contributed by atoms with Crippen LogP contribution in [0.5, 0.6) is 0 Å². The summed E-state index contributed by atoms with van der Waals surface area (Å²) in [7, 11) is 5.79. The van der Waals surface area contributed by atoms with Gasteiger partial charge in [0.15, 0.2) is 0 Å². The second kappa shape index (κ2) is 7.74. The number of rotatable bonds is 7. The first kappa shape index (κ1) is 15.4. The summed E-state index contributed by atoms with van der Waals surface area (Å²) in [6, 6.07) is 3.69. The highest BCUT2D eigenvalue weighted by Crippen LogP contribution is 2.09. The normalized spacial score (nSPS) is 10.6. The van der Waals surface area contributed by atoms with Gasteiger partial charge in [0.25, 0.3) is 5.91 Å².